The smallest absolute Gasteiger partial charge is 0.419 e. The largest absolute Gasteiger partial charge is 0.508 e. The minimum Gasteiger partial charge on any atom is -0.508 e. The second kappa shape index (κ2) is 9.04. The highest BCUT2D eigenvalue weighted by atomic mass is 32.2. The summed E-state index contributed by atoms with van der Waals surface area (Å²) in [5, 5.41) is 9.43. The maximum atomic E-state index is 13.2. The molecule has 6 nitrogen and oxygen atoms in total. The fraction of sp³-hybridized carbons (Fsp3) is 0.240. The van der Waals surface area contributed by atoms with Gasteiger partial charge in [0, 0.05) is 55.8 Å². The number of fused-ring (bicyclic) bond motifs is 2. The number of carbonyl (C=O) groups excluding carboxylic acids is 1. The summed E-state index contributed by atoms with van der Waals surface area (Å²) in [6.07, 6.45) is 0.176. The second-order valence-electron chi connectivity index (χ2n) is 8.06. The predicted octanol–water partition coefficient (Wildman–Crippen LogP) is 5.51. The van der Waals surface area contributed by atoms with Crippen LogP contribution in [-0.2, 0) is 11.2 Å². The summed E-state index contributed by atoms with van der Waals surface area (Å²) in [6.45, 7) is 0.253. The van der Waals surface area contributed by atoms with Gasteiger partial charge in [-0.2, -0.15) is 0 Å². The molecule has 1 aliphatic rings. The van der Waals surface area contributed by atoms with Gasteiger partial charge in [-0.05, 0) is 54.1 Å². The number of anilines is 4. The number of ether oxygens (including phenoxy) is 1. The van der Waals surface area contributed by atoms with Crippen LogP contribution >= 0.6 is 11.8 Å². The van der Waals surface area contributed by atoms with E-state index in [0.29, 0.717) is 6.42 Å². The van der Waals surface area contributed by atoms with Crippen molar-refractivity contribution in [3.8, 4) is 5.75 Å². The van der Waals surface area contributed by atoms with Crippen LogP contribution in [-0.4, -0.2) is 46.0 Å². The molecule has 0 bridgehead atoms. The third-order valence-corrected chi connectivity index (χ3v) is 6.45. The lowest BCUT2D eigenvalue weighted by Crippen LogP contribution is -2.30. The molecule has 0 aromatic heterocycles. The van der Waals surface area contributed by atoms with Crippen LogP contribution in [0.5, 0.6) is 5.75 Å². The van der Waals surface area contributed by atoms with E-state index in [4.69, 9.17) is 4.74 Å². The molecule has 166 valence electrons. The van der Waals surface area contributed by atoms with Gasteiger partial charge in [0.15, 0.2) is 0 Å². The number of hydrogen-bond acceptors (Lipinski definition) is 6. The summed E-state index contributed by atoms with van der Waals surface area (Å²) in [7, 11) is 8.01. The maximum absolute atomic E-state index is 13.2. The molecule has 1 N–H and O–H groups in total. The first-order valence-electron chi connectivity index (χ1n) is 10.4. The summed E-state index contributed by atoms with van der Waals surface area (Å²) < 4.78 is 5.68. The quantitative estimate of drug-likeness (QED) is 0.555. The fourth-order valence-electron chi connectivity index (χ4n) is 3.52. The summed E-state index contributed by atoms with van der Waals surface area (Å²) in [5.41, 5.74) is 4.78. The molecule has 0 radical (unpaired) electrons. The number of amides is 1. The van der Waals surface area contributed by atoms with Crippen molar-refractivity contribution in [3.05, 3.63) is 66.2 Å². The van der Waals surface area contributed by atoms with Crippen LogP contribution in [0.2, 0.25) is 0 Å². The highest BCUT2D eigenvalue weighted by Gasteiger charge is 2.30. The molecule has 1 aliphatic heterocycles. The van der Waals surface area contributed by atoms with E-state index in [9.17, 15) is 9.90 Å². The molecule has 0 fully saturated rings. The van der Waals surface area contributed by atoms with E-state index in [0.717, 1.165) is 38.1 Å². The monoisotopic (exact) mass is 449 g/mol. The minimum absolute atomic E-state index is 0.221. The van der Waals surface area contributed by atoms with Crippen LogP contribution in [0.3, 0.4) is 0 Å². The highest BCUT2D eigenvalue weighted by Crippen LogP contribution is 2.50. The zero-order valence-corrected chi connectivity index (χ0v) is 19.5. The van der Waals surface area contributed by atoms with Crippen molar-refractivity contribution in [2.75, 3.05) is 49.5 Å². The first-order chi connectivity index (χ1) is 15.3. The van der Waals surface area contributed by atoms with E-state index < -0.39 is 6.09 Å². The van der Waals surface area contributed by atoms with E-state index in [-0.39, 0.29) is 12.4 Å². The van der Waals surface area contributed by atoms with Crippen LogP contribution in [0, 0.1) is 0 Å². The molecule has 0 unspecified atom stereocenters. The number of carbonyl (C=O) groups is 1. The topological polar surface area (TPSA) is 56.2 Å². The lowest BCUT2D eigenvalue weighted by Gasteiger charge is -2.32. The van der Waals surface area contributed by atoms with Crippen molar-refractivity contribution in [2.45, 2.75) is 16.2 Å². The molecule has 32 heavy (non-hydrogen) atoms. The summed E-state index contributed by atoms with van der Waals surface area (Å²) in [4.78, 5) is 21.0. The van der Waals surface area contributed by atoms with Gasteiger partial charge in [-0.15, -0.1) is 0 Å². The Morgan fingerprint density at radius 3 is 1.91 bits per heavy atom. The average Bonchev–Trinajstić information content (AvgIpc) is 2.77. The standard InChI is InChI=1S/C25H27N3O3S/c1-26(2)18-7-11-21-23(15-18)32-24-16-19(27(3)4)8-12-22(24)28(21)25(30)31-14-13-17-5-9-20(29)10-6-17/h5-12,15-16,29H,13-14H2,1-4H3. The van der Waals surface area contributed by atoms with E-state index in [1.165, 1.54) is 0 Å². The lowest BCUT2D eigenvalue weighted by molar-refractivity contribution is 0.157. The molecule has 4 rings (SSSR count). The first-order valence-corrected chi connectivity index (χ1v) is 11.2. The van der Waals surface area contributed by atoms with Gasteiger partial charge in [-0.1, -0.05) is 23.9 Å². The zero-order chi connectivity index (χ0) is 22.8. The molecule has 0 saturated heterocycles. The third-order valence-electron chi connectivity index (χ3n) is 5.36. The molecular weight excluding hydrogens is 422 g/mol. The Labute approximate surface area is 193 Å². The molecule has 3 aromatic rings. The van der Waals surface area contributed by atoms with E-state index in [1.807, 2.05) is 74.4 Å². The Morgan fingerprint density at radius 1 is 0.875 bits per heavy atom. The Hall–Kier alpha value is -3.32. The molecular formula is C25H27N3O3S. The van der Waals surface area contributed by atoms with Crippen molar-refractivity contribution >= 4 is 40.6 Å². The SMILES string of the molecule is CN(C)c1ccc2c(c1)Sc1cc(N(C)C)ccc1N2C(=O)OCCc1ccc(O)cc1. The Kier molecular flexibility index (Phi) is 6.19. The van der Waals surface area contributed by atoms with Gasteiger partial charge in [0.1, 0.15) is 5.75 Å². The van der Waals surface area contributed by atoms with Gasteiger partial charge < -0.3 is 19.6 Å². The van der Waals surface area contributed by atoms with E-state index in [2.05, 4.69) is 12.1 Å². The van der Waals surface area contributed by atoms with Gasteiger partial charge in [-0.3, -0.25) is 0 Å². The normalized spacial score (nSPS) is 12.1. The van der Waals surface area contributed by atoms with Crippen LogP contribution in [0.4, 0.5) is 27.5 Å². The van der Waals surface area contributed by atoms with Gasteiger partial charge in [0.25, 0.3) is 0 Å². The molecule has 1 heterocycles. The Morgan fingerprint density at radius 2 is 1.41 bits per heavy atom. The molecule has 0 aliphatic carbocycles. The average molecular weight is 450 g/mol. The van der Waals surface area contributed by atoms with Crippen LogP contribution in [0.25, 0.3) is 0 Å². The molecule has 0 atom stereocenters. The second-order valence-corrected chi connectivity index (χ2v) is 9.14. The molecule has 0 spiro atoms. The molecule has 0 saturated carbocycles. The summed E-state index contributed by atoms with van der Waals surface area (Å²) in [6, 6.07) is 19.1. The van der Waals surface area contributed by atoms with Crippen LogP contribution < -0.4 is 14.7 Å². The van der Waals surface area contributed by atoms with Gasteiger partial charge in [0.2, 0.25) is 0 Å². The first kappa shape index (κ1) is 21.9. The number of benzene rings is 3. The van der Waals surface area contributed by atoms with E-state index in [1.54, 1.807) is 28.8 Å². The van der Waals surface area contributed by atoms with Crippen LogP contribution in [0.1, 0.15) is 5.56 Å². The van der Waals surface area contributed by atoms with Crippen molar-refractivity contribution in [1.29, 1.82) is 0 Å². The maximum Gasteiger partial charge on any atom is 0.419 e. The number of hydrogen-bond donors (Lipinski definition) is 1. The van der Waals surface area contributed by atoms with Crippen molar-refractivity contribution in [2.24, 2.45) is 0 Å². The van der Waals surface area contributed by atoms with Crippen LogP contribution in [0.15, 0.2) is 70.5 Å². The fourth-order valence-corrected chi connectivity index (χ4v) is 4.65. The number of nitrogens with zero attached hydrogens (tertiary/aromatic N) is 3. The Balaban J connectivity index is 1.62. The lowest BCUT2D eigenvalue weighted by atomic mass is 10.1. The summed E-state index contributed by atoms with van der Waals surface area (Å²) >= 11 is 1.66. The van der Waals surface area contributed by atoms with Gasteiger partial charge >= 0.3 is 6.09 Å². The molecule has 7 heteroatoms. The van der Waals surface area contributed by atoms with Gasteiger partial charge in [0.05, 0.1) is 18.0 Å². The number of phenolic OH excluding ortho intramolecular Hbond substituents is 1. The Bertz CT molecular complexity index is 1070. The highest BCUT2D eigenvalue weighted by molar-refractivity contribution is 7.99. The number of rotatable bonds is 5. The van der Waals surface area contributed by atoms with Gasteiger partial charge in [-0.25, -0.2) is 9.69 Å². The zero-order valence-electron chi connectivity index (χ0n) is 18.7. The summed E-state index contributed by atoms with van der Waals surface area (Å²) in [5.74, 6) is 0.221. The van der Waals surface area contributed by atoms with Crippen molar-refractivity contribution in [3.63, 3.8) is 0 Å². The van der Waals surface area contributed by atoms with E-state index >= 15 is 0 Å². The number of phenols is 1. The minimum atomic E-state index is -0.401. The molecule has 1 amide bonds. The third kappa shape index (κ3) is 4.48. The van der Waals surface area contributed by atoms with Crippen molar-refractivity contribution < 1.29 is 14.6 Å². The van der Waals surface area contributed by atoms with Crippen molar-refractivity contribution in [1.82, 2.24) is 0 Å². The molecule has 3 aromatic carbocycles. The predicted molar refractivity (Wildman–Crippen MR) is 131 cm³/mol. The number of aromatic hydroxyl groups is 1.